The maximum Gasteiger partial charge on any atom is 0.332 e. The first-order valence-electron chi connectivity index (χ1n) is 11.2. The molecule has 0 saturated heterocycles. The Morgan fingerprint density at radius 3 is 2.61 bits per heavy atom. The number of nitrogens with zero attached hydrogens (tertiary/aromatic N) is 6. The van der Waals surface area contributed by atoms with Gasteiger partial charge in [-0.05, 0) is 18.6 Å². The van der Waals surface area contributed by atoms with Crippen LogP contribution in [0.25, 0.3) is 21.7 Å². The molecular weight excluding hydrogens is 524 g/mol. The van der Waals surface area contributed by atoms with E-state index in [2.05, 4.69) is 20.3 Å². The largest absolute Gasteiger partial charge is 0.377 e. The van der Waals surface area contributed by atoms with Crippen LogP contribution in [0.4, 0.5) is 14.6 Å². The van der Waals surface area contributed by atoms with Crippen LogP contribution in [-0.2, 0) is 40.4 Å². The summed E-state index contributed by atoms with van der Waals surface area (Å²) in [6, 6.07) is 1.55. The first-order valence-corrected chi connectivity index (χ1v) is 12.0. The van der Waals surface area contributed by atoms with Crippen LogP contribution in [0.15, 0.2) is 33.6 Å². The number of ketones is 1. The molecule has 4 rings (SSSR count). The molecule has 0 fully saturated rings. The Balaban J connectivity index is 1.55. The molecule has 0 radical (unpaired) electrons. The van der Waals surface area contributed by atoms with Crippen LogP contribution >= 0.6 is 11.3 Å². The summed E-state index contributed by atoms with van der Waals surface area (Å²) in [5.74, 6) is -3.86. The molecule has 0 unspecified atom stereocenters. The van der Waals surface area contributed by atoms with Gasteiger partial charge in [-0.25, -0.2) is 14.8 Å². The number of hydrogen-bond donors (Lipinski definition) is 1. The highest BCUT2D eigenvalue weighted by Crippen LogP contribution is 2.32. The van der Waals surface area contributed by atoms with E-state index in [4.69, 9.17) is 4.74 Å². The number of ether oxygens (including phenoxy) is 1. The van der Waals surface area contributed by atoms with Crippen LogP contribution in [0.3, 0.4) is 0 Å². The van der Waals surface area contributed by atoms with Crippen molar-refractivity contribution in [2.75, 3.05) is 19.0 Å². The summed E-state index contributed by atoms with van der Waals surface area (Å²) < 4.78 is 35.2. The van der Waals surface area contributed by atoms with E-state index in [-0.39, 0.29) is 35.8 Å². The third-order valence-corrected chi connectivity index (χ3v) is 6.46. The van der Waals surface area contributed by atoms with E-state index in [9.17, 15) is 28.0 Å². The zero-order chi connectivity index (χ0) is 27.8. The number of aryl methyl sites for hydroxylation is 2. The maximum atomic E-state index is 13.6. The molecule has 1 N–H and O–H groups in total. The second-order valence-electron chi connectivity index (χ2n) is 8.61. The number of rotatable bonds is 9. The number of thiazole rings is 1. The predicted octanol–water partition coefficient (Wildman–Crippen LogP) is 1.69. The van der Waals surface area contributed by atoms with Crippen LogP contribution in [0.5, 0.6) is 0 Å². The second-order valence-corrected chi connectivity index (χ2v) is 9.47. The lowest BCUT2D eigenvalue weighted by molar-refractivity contribution is -0.123. The maximum absolute atomic E-state index is 13.6. The molecule has 4 aromatic rings. The van der Waals surface area contributed by atoms with Gasteiger partial charge in [0.15, 0.2) is 16.9 Å². The molecule has 15 heteroatoms. The third kappa shape index (κ3) is 5.28. The van der Waals surface area contributed by atoms with Gasteiger partial charge in [-0.3, -0.25) is 28.5 Å². The smallest absolute Gasteiger partial charge is 0.332 e. The summed E-state index contributed by atoms with van der Waals surface area (Å²) in [5, 5.41) is 4.66. The van der Waals surface area contributed by atoms with Gasteiger partial charge < -0.3 is 14.6 Å². The fourth-order valence-corrected chi connectivity index (χ4v) is 4.65. The van der Waals surface area contributed by atoms with Gasteiger partial charge in [0.05, 0.1) is 12.9 Å². The van der Waals surface area contributed by atoms with E-state index in [1.807, 2.05) is 0 Å². The number of carbonyl (C=O) groups excluding carboxylic acids is 2. The molecule has 0 aliphatic rings. The van der Waals surface area contributed by atoms with Crippen molar-refractivity contribution in [1.82, 2.24) is 28.7 Å². The Hall–Kier alpha value is -4.11. The van der Waals surface area contributed by atoms with Gasteiger partial charge in [-0.15, -0.1) is 11.3 Å². The molecule has 4 heterocycles. The standard InChI is InChI=1S/C23H23F2N7O5S/c1-12-5-13(6-26-18(12)23(2,24)25)20-29-15(10-38-20)28-16(34)8-31-11-27-19-17(31)21(35)32(22(36)30(19)3)7-14(33)9-37-4/h5-6,10-11H,7-9H2,1-4H3,(H,28,34). The highest BCUT2D eigenvalue weighted by Gasteiger charge is 2.28. The van der Waals surface area contributed by atoms with Crippen LogP contribution < -0.4 is 16.6 Å². The van der Waals surface area contributed by atoms with Gasteiger partial charge in [0, 0.05) is 38.2 Å². The number of imidazole rings is 1. The number of fused-ring (bicyclic) bond motifs is 1. The molecule has 1 amide bonds. The van der Waals surface area contributed by atoms with Crippen LogP contribution in [-0.4, -0.2) is 54.1 Å². The van der Waals surface area contributed by atoms with Gasteiger partial charge >= 0.3 is 5.69 Å². The van der Waals surface area contributed by atoms with Crippen molar-refractivity contribution in [3.8, 4) is 10.6 Å². The number of aromatic nitrogens is 6. The zero-order valence-corrected chi connectivity index (χ0v) is 21.6. The second kappa shape index (κ2) is 10.3. The molecule has 0 saturated carbocycles. The lowest BCUT2D eigenvalue weighted by atomic mass is 10.1. The van der Waals surface area contributed by atoms with Crippen LogP contribution in [0, 0.1) is 6.92 Å². The highest BCUT2D eigenvalue weighted by molar-refractivity contribution is 7.13. The van der Waals surface area contributed by atoms with Crippen LogP contribution in [0.1, 0.15) is 18.2 Å². The average Bonchev–Trinajstić information content (AvgIpc) is 3.47. The molecular formula is C23H23F2N7O5S. The van der Waals surface area contributed by atoms with Crippen molar-refractivity contribution >= 4 is 40.0 Å². The number of hydrogen-bond acceptors (Lipinski definition) is 9. The highest BCUT2D eigenvalue weighted by atomic mass is 32.1. The Labute approximate surface area is 217 Å². The van der Waals surface area contributed by atoms with Gasteiger partial charge in [0.25, 0.3) is 11.5 Å². The molecule has 0 aliphatic heterocycles. The predicted molar refractivity (Wildman–Crippen MR) is 134 cm³/mol. The Kier molecular flexibility index (Phi) is 7.33. The van der Waals surface area contributed by atoms with Gasteiger partial charge in [0.2, 0.25) is 5.91 Å². The average molecular weight is 548 g/mol. The Morgan fingerprint density at radius 1 is 1.21 bits per heavy atom. The molecule has 0 aromatic carbocycles. The Bertz CT molecular complexity index is 1670. The summed E-state index contributed by atoms with van der Waals surface area (Å²) in [6.07, 6.45) is 2.55. The van der Waals surface area contributed by atoms with E-state index < -0.39 is 35.4 Å². The molecule has 0 atom stereocenters. The molecule has 200 valence electrons. The molecule has 0 aliphatic carbocycles. The summed E-state index contributed by atoms with van der Waals surface area (Å²) in [6.45, 7) is 1.23. The molecule has 0 bridgehead atoms. The van der Waals surface area contributed by atoms with E-state index in [1.54, 1.807) is 11.4 Å². The van der Waals surface area contributed by atoms with Gasteiger partial charge in [-0.1, -0.05) is 0 Å². The van der Waals surface area contributed by atoms with Crippen molar-refractivity contribution in [2.24, 2.45) is 7.05 Å². The van der Waals surface area contributed by atoms with Crippen molar-refractivity contribution in [2.45, 2.75) is 32.9 Å². The quantitative estimate of drug-likeness (QED) is 0.334. The fourth-order valence-electron chi connectivity index (χ4n) is 3.92. The summed E-state index contributed by atoms with van der Waals surface area (Å²) in [7, 11) is 2.72. The van der Waals surface area contributed by atoms with Crippen LogP contribution in [0.2, 0.25) is 0 Å². The van der Waals surface area contributed by atoms with E-state index in [0.29, 0.717) is 16.1 Å². The third-order valence-electron chi connectivity index (χ3n) is 5.57. The fraction of sp³-hybridized carbons (Fsp3) is 0.348. The molecule has 4 aromatic heterocycles. The summed E-state index contributed by atoms with van der Waals surface area (Å²) in [5.41, 5.74) is -0.949. The first-order chi connectivity index (χ1) is 17.9. The van der Waals surface area contributed by atoms with E-state index >= 15 is 0 Å². The summed E-state index contributed by atoms with van der Waals surface area (Å²) >= 11 is 1.19. The Morgan fingerprint density at radius 2 is 1.95 bits per heavy atom. The molecule has 12 nitrogen and oxygen atoms in total. The van der Waals surface area contributed by atoms with Gasteiger partial charge in [-0.2, -0.15) is 8.78 Å². The number of pyridine rings is 1. The van der Waals surface area contributed by atoms with Crippen molar-refractivity contribution in [3.05, 3.63) is 56.1 Å². The number of halogens is 2. The normalized spacial score (nSPS) is 11.7. The minimum Gasteiger partial charge on any atom is -0.377 e. The number of anilines is 1. The number of methoxy groups -OCH3 is 1. The van der Waals surface area contributed by atoms with Gasteiger partial charge in [0.1, 0.15) is 29.7 Å². The number of carbonyl (C=O) groups is 2. The van der Waals surface area contributed by atoms with Crippen molar-refractivity contribution in [1.29, 1.82) is 0 Å². The number of Topliss-reactive ketones (excluding diaryl/α,β-unsaturated/α-hetero) is 1. The first kappa shape index (κ1) is 26.9. The van der Waals surface area contributed by atoms with Crippen molar-refractivity contribution in [3.63, 3.8) is 0 Å². The van der Waals surface area contributed by atoms with Crippen molar-refractivity contribution < 1.29 is 23.1 Å². The lowest BCUT2D eigenvalue weighted by Gasteiger charge is -2.12. The number of amides is 1. The lowest BCUT2D eigenvalue weighted by Crippen LogP contribution is -2.42. The topological polar surface area (TPSA) is 143 Å². The minimum atomic E-state index is -3.07. The molecule has 0 spiro atoms. The molecule has 38 heavy (non-hydrogen) atoms. The minimum absolute atomic E-state index is 0.0270. The van der Waals surface area contributed by atoms with E-state index in [1.165, 1.54) is 49.5 Å². The zero-order valence-electron chi connectivity index (χ0n) is 20.8. The van der Waals surface area contributed by atoms with E-state index in [0.717, 1.165) is 16.1 Å². The SMILES string of the molecule is COCC(=O)Cn1c(=O)c2c(ncn2CC(=O)Nc2csc(-c3cnc(C(C)(F)F)c(C)c3)n2)n(C)c1=O. The number of alkyl halides is 2. The monoisotopic (exact) mass is 547 g/mol. The summed E-state index contributed by atoms with van der Waals surface area (Å²) in [4.78, 5) is 62.6. The number of nitrogens with one attached hydrogen (secondary N) is 1.